The van der Waals surface area contributed by atoms with Gasteiger partial charge in [-0.25, -0.2) is 0 Å². The fourth-order valence-electron chi connectivity index (χ4n) is 1.12. The van der Waals surface area contributed by atoms with Crippen molar-refractivity contribution in [2.24, 2.45) is 5.73 Å². The fraction of sp³-hybridized carbons (Fsp3) is 0.364. The van der Waals surface area contributed by atoms with Crippen LogP contribution in [0, 0.1) is 6.92 Å². The van der Waals surface area contributed by atoms with Crippen LogP contribution in [0.25, 0.3) is 0 Å². The van der Waals surface area contributed by atoms with Gasteiger partial charge in [-0.15, -0.1) is 24.2 Å². The minimum absolute atomic E-state index is 0. The van der Waals surface area contributed by atoms with Crippen LogP contribution >= 0.6 is 24.2 Å². The van der Waals surface area contributed by atoms with E-state index in [1.165, 1.54) is 5.56 Å². The highest BCUT2D eigenvalue weighted by Crippen LogP contribution is 2.21. The van der Waals surface area contributed by atoms with E-state index in [-0.39, 0.29) is 18.3 Å². The second-order valence-corrected chi connectivity index (χ2v) is 4.21. The molecule has 0 heterocycles. The van der Waals surface area contributed by atoms with Gasteiger partial charge < -0.3 is 11.1 Å². The molecular weight excluding hydrogens is 244 g/mol. The SMILES string of the molecule is Cc1ccccc1SCC(=O)NCCN.Cl. The zero-order valence-electron chi connectivity index (χ0n) is 9.23. The van der Waals surface area contributed by atoms with Crippen molar-refractivity contribution in [2.75, 3.05) is 18.8 Å². The van der Waals surface area contributed by atoms with E-state index in [1.807, 2.05) is 31.2 Å². The lowest BCUT2D eigenvalue weighted by Gasteiger charge is -2.05. The third-order valence-electron chi connectivity index (χ3n) is 1.92. The maximum Gasteiger partial charge on any atom is 0.230 e. The summed E-state index contributed by atoms with van der Waals surface area (Å²) in [6.45, 7) is 3.08. The first-order valence-corrected chi connectivity index (χ1v) is 5.88. The van der Waals surface area contributed by atoms with Gasteiger partial charge in [-0.1, -0.05) is 18.2 Å². The van der Waals surface area contributed by atoms with E-state index < -0.39 is 0 Å². The zero-order valence-corrected chi connectivity index (χ0v) is 10.9. The standard InChI is InChI=1S/C11H16N2OS.ClH/c1-9-4-2-3-5-10(9)15-8-11(14)13-7-6-12;/h2-5H,6-8,12H2,1H3,(H,13,14);1H. The minimum atomic E-state index is 0. The number of benzene rings is 1. The Morgan fingerprint density at radius 1 is 1.44 bits per heavy atom. The third-order valence-corrected chi connectivity index (χ3v) is 3.09. The molecule has 0 atom stereocenters. The minimum Gasteiger partial charge on any atom is -0.354 e. The Hall–Kier alpha value is -0.710. The summed E-state index contributed by atoms with van der Waals surface area (Å²) in [4.78, 5) is 12.5. The number of aryl methyl sites for hydroxylation is 1. The monoisotopic (exact) mass is 260 g/mol. The Labute approximate surface area is 107 Å². The third kappa shape index (κ3) is 5.39. The molecule has 1 aromatic rings. The molecule has 0 spiro atoms. The van der Waals surface area contributed by atoms with Crippen molar-refractivity contribution in [2.45, 2.75) is 11.8 Å². The first-order valence-electron chi connectivity index (χ1n) is 4.89. The van der Waals surface area contributed by atoms with Gasteiger partial charge in [0.1, 0.15) is 0 Å². The molecule has 0 aliphatic heterocycles. The van der Waals surface area contributed by atoms with Crippen LogP contribution in [0.15, 0.2) is 29.2 Å². The first kappa shape index (κ1) is 15.3. The topological polar surface area (TPSA) is 55.1 Å². The molecule has 0 aliphatic carbocycles. The van der Waals surface area contributed by atoms with E-state index in [0.29, 0.717) is 18.8 Å². The van der Waals surface area contributed by atoms with Gasteiger partial charge in [-0.05, 0) is 18.6 Å². The van der Waals surface area contributed by atoms with Gasteiger partial charge in [-0.2, -0.15) is 0 Å². The number of rotatable bonds is 5. The summed E-state index contributed by atoms with van der Waals surface area (Å²) in [6.07, 6.45) is 0. The van der Waals surface area contributed by atoms with Crippen molar-refractivity contribution >= 4 is 30.1 Å². The molecule has 90 valence electrons. The normalized spacial score (nSPS) is 9.38. The van der Waals surface area contributed by atoms with Crippen LogP contribution < -0.4 is 11.1 Å². The molecule has 3 N–H and O–H groups in total. The van der Waals surface area contributed by atoms with Crippen molar-refractivity contribution in [3.8, 4) is 0 Å². The van der Waals surface area contributed by atoms with Gasteiger partial charge in [-0.3, -0.25) is 4.79 Å². The number of hydrogen-bond acceptors (Lipinski definition) is 3. The number of hydrogen-bond donors (Lipinski definition) is 2. The van der Waals surface area contributed by atoms with Crippen LogP contribution in [0.1, 0.15) is 5.56 Å². The molecule has 0 radical (unpaired) electrons. The van der Waals surface area contributed by atoms with Crippen molar-refractivity contribution in [1.82, 2.24) is 5.32 Å². The highest BCUT2D eigenvalue weighted by atomic mass is 35.5. The quantitative estimate of drug-likeness (QED) is 0.791. The molecule has 16 heavy (non-hydrogen) atoms. The maximum atomic E-state index is 11.3. The molecule has 0 aromatic heterocycles. The van der Waals surface area contributed by atoms with E-state index in [2.05, 4.69) is 5.32 Å². The lowest BCUT2D eigenvalue weighted by molar-refractivity contribution is -0.118. The molecule has 0 saturated carbocycles. The Balaban J connectivity index is 0.00000225. The molecule has 3 nitrogen and oxygen atoms in total. The fourth-order valence-corrected chi connectivity index (χ4v) is 1.98. The van der Waals surface area contributed by atoms with Gasteiger partial charge in [0.25, 0.3) is 0 Å². The van der Waals surface area contributed by atoms with Gasteiger partial charge in [0.05, 0.1) is 5.75 Å². The lowest BCUT2D eigenvalue weighted by Crippen LogP contribution is -2.30. The predicted molar refractivity (Wildman–Crippen MR) is 71.2 cm³/mol. The number of carbonyl (C=O) groups is 1. The molecule has 0 saturated heterocycles. The van der Waals surface area contributed by atoms with Crippen LogP contribution in [0.5, 0.6) is 0 Å². The van der Waals surface area contributed by atoms with E-state index in [4.69, 9.17) is 5.73 Å². The van der Waals surface area contributed by atoms with Crippen molar-refractivity contribution in [3.63, 3.8) is 0 Å². The molecule has 0 unspecified atom stereocenters. The molecule has 1 aromatic carbocycles. The second kappa shape index (κ2) is 8.44. The first-order chi connectivity index (χ1) is 7.24. The summed E-state index contributed by atoms with van der Waals surface area (Å²) in [6, 6.07) is 8.04. The Bertz CT molecular complexity index is 334. The van der Waals surface area contributed by atoms with E-state index in [0.717, 1.165) is 4.90 Å². The van der Waals surface area contributed by atoms with Crippen LogP contribution in [0.3, 0.4) is 0 Å². The number of nitrogens with one attached hydrogen (secondary N) is 1. The van der Waals surface area contributed by atoms with Gasteiger partial charge in [0, 0.05) is 18.0 Å². The highest BCUT2D eigenvalue weighted by Gasteiger charge is 2.02. The van der Waals surface area contributed by atoms with E-state index in [1.54, 1.807) is 11.8 Å². The molecule has 1 amide bonds. The van der Waals surface area contributed by atoms with Crippen molar-refractivity contribution in [3.05, 3.63) is 29.8 Å². The van der Waals surface area contributed by atoms with Gasteiger partial charge in [0.2, 0.25) is 5.91 Å². The summed E-state index contributed by atoms with van der Waals surface area (Å²) in [7, 11) is 0. The van der Waals surface area contributed by atoms with E-state index in [9.17, 15) is 4.79 Å². The Morgan fingerprint density at radius 3 is 2.75 bits per heavy atom. The zero-order chi connectivity index (χ0) is 11.1. The van der Waals surface area contributed by atoms with Crippen LogP contribution in [-0.2, 0) is 4.79 Å². The maximum absolute atomic E-state index is 11.3. The van der Waals surface area contributed by atoms with Crippen LogP contribution in [0.4, 0.5) is 0 Å². The predicted octanol–water partition coefficient (Wildman–Crippen LogP) is 1.58. The number of nitrogens with two attached hydrogens (primary N) is 1. The number of amides is 1. The van der Waals surface area contributed by atoms with Gasteiger partial charge in [0.15, 0.2) is 0 Å². The average molecular weight is 261 g/mol. The van der Waals surface area contributed by atoms with Crippen LogP contribution in [0.2, 0.25) is 0 Å². The summed E-state index contributed by atoms with van der Waals surface area (Å²) in [5, 5.41) is 2.74. The summed E-state index contributed by atoms with van der Waals surface area (Å²) >= 11 is 1.55. The second-order valence-electron chi connectivity index (χ2n) is 3.19. The van der Waals surface area contributed by atoms with Crippen molar-refractivity contribution in [1.29, 1.82) is 0 Å². The number of halogens is 1. The molecule has 0 bridgehead atoms. The molecular formula is C11H17ClN2OS. The number of carbonyl (C=O) groups excluding carboxylic acids is 1. The largest absolute Gasteiger partial charge is 0.354 e. The molecule has 1 rings (SSSR count). The van der Waals surface area contributed by atoms with E-state index >= 15 is 0 Å². The smallest absolute Gasteiger partial charge is 0.230 e. The van der Waals surface area contributed by atoms with Crippen molar-refractivity contribution < 1.29 is 4.79 Å². The van der Waals surface area contributed by atoms with Crippen LogP contribution in [-0.4, -0.2) is 24.7 Å². The molecule has 0 fully saturated rings. The molecule has 0 aliphatic rings. The lowest BCUT2D eigenvalue weighted by atomic mass is 10.2. The van der Waals surface area contributed by atoms with Gasteiger partial charge >= 0.3 is 0 Å². The Kier molecular flexibility index (Phi) is 8.07. The summed E-state index contributed by atoms with van der Waals surface area (Å²) < 4.78 is 0. The molecule has 5 heteroatoms. The summed E-state index contributed by atoms with van der Waals surface area (Å²) in [5.74, 6) is 0.485. The highest BCUT2D eigenvalue weighted by molar-refractivity contribution is 8.00. The summed E-state index contributed by atoms with van der Waals surface area (Å²) in [5.41, 5.74) is 6.49. The Morgan fingerprint density at radius 2 is 2.12 bits per heavy atom. The average Bonchev–Trinajstić information content (AvgIpc) is 2.25. The number of thioether (sulfide) groups is 1.